The molecule has 3 aromatic heterocycles. The molecule has 0 aliphatic rings. The molecule has 4 aromatic rings. The highest BCUT2D eigenvalue weighted by molar-refractivity contribution is 6.76. The Labute approximate surface area is 179 Å². The predicted octanol–water partition coefficient (Wildman–Crippen LogP) is 4.39. The Balaban J connectivity index is 1.72. The van der Waals surface area contributed by atoms with Gasteiger partial charge in [0.05, 0.1) is 23.1 Å². The highest BCUT2D eigenvalue weighted by Crippen LogP contribution is 2.32. The number of oxazole rings is 1. The van der Waals surface area contributed by atoms with Crippen LogP contribution in [-0.2, 0) is 18.0 Å². The van der Waals surface area contributed by atoms with Crippen LogP contribution in [0.1, 0.15) is 6.92 Å². The Hall–Kier alpha value is -2.49. The smallest absolute Gasteiger partial charge is 0.407 e. The van der Waals surface area contributed by atoms with Gasteiger partial charge in [0.1, 0.15) is 17.8 Å². The fourth-order valence-corrected chi connectivity index (χ4v) is 4.22. The van der Waals surface area contributed by atoms with Gasteiger partial charge in [0.25, 0.3) is 0 Å². The van der Waals surface area contributed by atoms with Crippen LogP contribution in [0.15, 0.2) is 33.7 Å². The standard InChI is InChI=1S/C20H24ClN5O3Si/c1-5-26-19-16(11-23-26)24-15(10-22-19)13-6-7-14(21)17-18(13)29-20(27)25(17)12-28-8-9-30(2,3)4/h6-7,10-11H,5,8-9,12H2,1-4H3. The number of halogens is 1. The first-order valence-corrected chi connectivity index (χ1v) is 14.0. The average Bonchev–Trinajstić information content (AvgIpc) is 3.25. The van der Waals surface area contributed by atoms with Gasteiger partial charge in [-0.25, -0.2) is 24.0 Å². The molecule has 0 radical (unpaired) electrons. The molecule has 1 aromatic carbocycles. The number of aromatic nitrogens is 5. The van der Waals surface area contributed by atoms with Crippen molar-refractivity contribution in [2.24, 2.45) is 0 Å². The normalized spacial score (nSPS) is 12.3. The Morgan fingerprint density at radius 3 is 2.77 bits per heavy atom. The van der Waals surface area contributed by atoms with Crippen molar-refractivity contribution in [2.45, 2.75) is 45.9 Å². The van der Waals surface area contributed by atoms with Gasteiger partial charge in [0.2, 0.25) is 0 Å². The van der Waals surface area contributed by atoms with Crippen molar-refractivity contribution in [3.8, 4) is 11.3 Å². The Kier molecular flexibility index (Phi) is 5.52. The van der Waals surface area contributed by atoms with Crippen molar-refractivity contribution in [1.29, 1.82) is 0 Å². The van der Waals surface area contributed by atoms with E-state index in [2.05, 4.69) is 34.7 Å². The second-order valence-electron chi connectivity index (χ2n) is 8.34. The van der Waals surface area contributed by atoms with Crippen LogP contribution in [0.2, 0.25) is 30.7 Å². The van der Waals surface area contributed by atoms with E-state index < -0.39 is 13.8 Å². The summed E-state index contributed by atoms with van der Waals surface area (Å²) in [4.78, 5) is 21.7. The van der Waals surface area contributed by atoms with E-state index >= 15 is 0 Å². The van der Waals surface area contributed by atoms with E-state index in [1.54, 1.807) is 29.2 Å². The van der Waals surface area contributed by atoms with E-state index in [1.165, 1.54) is 4.57 Å². The number of hydrogen-bond donors (Lipinski definition) is 0. The lowest BCUT2D eigenvalue weighted by Gasteiger charge is -2.15. The SMILES string of the molecule is CCn1ncc2nc(-c3ccc(Cl)c4c3oc(=O)n4COCC[Si](C)(C)C)cnc21. The minimum atomic E-state index is -1.22. The topological polar surface area (TPSA) is 88.0 Å². The van der Waals surface area contributed by atoms with Crippen LogP contribution in [0.3, 0.4) is 0 Å². The lowest BCUT2D eigenvalue weighted by atomic mass is 10.1. The maximum atomic E-state index is 12.5. The highest BCUT2D eigenvalue weighted by atomic mass is 35.5. The molecule has 158 valence electrons. The molecule has 10 heteroatoms. The molecule has 3 heterocycles. The van der Waals surface area contributed by atoms with E-state index in [0.29, 0.717) is 51.7 Å². The molecular weight excluding hydrogens is 422 g/mol. The molecule has 0 amide bonds. The van der Waals surface area contributed by atoms with Crippen LogP contribution in [0.25, 0.3) is 33.5 Å². The first kappa shape index (κ1) is 20.8. The van der Waals surface area contributed by atoms with Crippen LogP contribution < -0.4 is 5.76 Å². The summed E-state index contributed by atoms with van der Waals surface area (Å²) in [5.74, 6) is -0.514. The van der Waals surface area contributed by atoms with Crippen molar-refractivity contribution in [3.05, 3.63) is 40.1 Å². The summed E-state index contributed by atoms with van der Waals surface area (Å²) in [6.07, 6.45) is 3.33. The second kappa shape index (κ2) is 7.97. The molecular formula is C20H24ClN5O3Si. The second-order valence-corrected chi connectivity index (χ2v) is 14.4. The van der Waals surface area contributed by atoms with E-state index in [0.717, 1.165) is 6.04 Å². The van der Waals surface area contributed by atoms with Crippen LogP contribution >= 0.6 is 11.6 Å². The molecule has 30 heavy (non-hydrogen) atoms. The van der Waals surface area contributed by atoms with Gasteiger partial charge in [-0.05, 0) is 25.1 Å². The van der Waals surface area contributed by atoms with Crippen molar-refractivity contribution in [2.75, 3.05) is 6.61 Å². The molecule has 0 fully saturated rings. The zero-order valence-corrected chi connectivity index (χ0v) is 19.2. The number of ether oxygens (including phenoxy) is 1. The predicted molar refractivity (Wildman–Crippen MR) is 120 cm³/mol. The van der Waals surface area contributed by atoms with Crippen LogP contribution in [-0.4, -0.2) is 39.0 Å². The number of benzene rings is 1. The number of hydrogen-bond acceptors (Lipinski definition) is 6. The molecule has 0 aliphatic carbocycles. The maximum absolute atomic E-state index is 12.5. The third kappa shape index (κ3) is 3.92. The largest absolute Gasteiger partial charge is 0.421 e. The Morgan fingerprint density at radius 1 is 1.23 bits per heavy atom. The fourth-order valence-electron chi connectivity index (χ4n) is 3.21. The van der Waals surface area contributed by atoms with Crippen molar-refractivity contribution >= 4 is 41.9 Å². The van der Waals surface area contributed by atoms with Gasteiger partial charge in [-0.15, -0.1) is 0 Å². The molecule has 4 rings (SSSR count). The Morgan fingerprint density at radius 2 is 2.03 bits per heavy atom. The van der Waals surface area contributed by atoms with Crippen LogP contribution in [0.4, 0.5) is 0 Å². The van der Waals surface area contributed by atoms with E-state index in [4.69, 9.17) is 20.8 Å². The minimum Gasteiger partial charge on any atom is -0.407 e. The van der Waals surface area contributed by atoms with Gasteiger partial charge in [-0.3, -0.25) is 0 Å². The summed E-state index contributed by atoms with van der Waals surface area (Å²) >= 11 is 6.42. The van der Waals surface area contributed by atoms with Crippen LogP contribution in [0.5, 0.6) is 0 Å². The average molecular weight is 446 g/mol. The minimum absolute atomic E-state index is 0.0907. The highest BCUT2D eigenvalue weighted by Gasteiger charge is 2.19. The first-order chi connectivity index (χ1) is 14.3. The third-order valence-electron chi connectivity index (χ3n) is 4.90. The van der Waals surface area contributed by atoms with Gasteiger partial charge >= 0.3 is 5.76 Å². The molecule has 0 unspecified atom stereocenters. The van der Waals surface area contributed by atoms with E-state index in [-0.39, 0.29) is 6.73 Å². The Bertz CT molecular complexity index is 1270. The van der Waals surface area contributed by atoms with Crippen LogP contribution in [0, 0.1) is 0 Å². The van der Waals surface area contributed by atoms with E-state index in [1.807, 2.05) is 6.92 Å². The third-order valence-corrected chi connectivity index (χ3v) is 6.91. The molecule has 0 N–H and O–H groups in total. The number of nitrogens with zero attached hydrogens (tertiary/aromatic N) is 5. The monoisotopic (exact) mass is 445 g/mol. The summed E-state index contributed by atoms with van der Waals surface area (Å²) < 4.78 is 14.5. The molecule has 0 saturated heterocycles. The summed E-state index contributed by atoms with van der Waals surface area (Å²) in [5, 5.41) is 4.70. The van der Waals surface area contributed by atoms with Gasteiger partial charge in [-0.2, -0.15) is 5.10 Å². The zero-order valence-electron chi connectivity index (χ0n) is 17.5. The van der Waals surface area contributed by atoms with Crippen molar-refractivity contribution in [3.63, 3.8) is 0 Å². The molecule has 8 nitrogen and oxygen atoms in total. The van der Waals surface area contributed by atoms with Crippen molar-refractivity contribution < 1.29 is 9.15 Å². The summed E-state index contributed by atoms with van der Waals surface area (Å²) in [6, 6.07) is 4.52. The van der Waals surface area contributed by atoms with Gasteiger partial charge in [0.15, 0.2) is 11.2 Å². The molecule has 0 bridgehead atoms. The molecule has 0 aliphatic heterocycles. The zero-order chi connectivity index (χ0) is 21.5. The molecule has 0 spiro atoms. The van der Waals surface area contributed by atoms with Gasteiger partial charge in [0, 0.05) is 26.8 Å². The van der Waals surface area contributed by atoms with Gasteiger partial charge in [-0.1, -0.05) is 31.2 Å². The summed E-state index contributed by atoms with van der Waals surface area (Å²) in [6.45, 7) is 10.2. The number of fused-ring (bicyclic) bond motifs is 2. The summed E-state index contributed by atoms with van der Waals surface area (Å²) in [7, 11) is -1.22. The summed E-state index contributed by atoms with van der Waals surface area (Å²) in [5.41, 5.74) is 3.48. The first-order valence-electron chi connectivity index (χ1n) is 9.87. The lowest BCUT2D eigenvalue weighted by molar-refractivity contribution is 0.0850. The quantitative estimate of drug-likeness (QED) is 0.309. The number of rotatable bonds is 7. The number of aryl methyl sites for hydroxylation is 1. The maximum Gasteiger partial charge on any atom is 0.421 e. The lowest BCUT2D eigenvalue weighted by Crippen LogP contribution is -2.23. The fraction of sp³-hybridized carbons (Fsp3) is 0.400. The molecule has 0 atom stereocenters. The van der Waals surface area contributed by atoms with Gasteiger partial charge < -0.3 is 9.15 Å². The molecule has 0 saturated carbocycles. The van der Waals surface area contributed by atoms with Crippen molar-refractivity contribution in [1.82, 2.24) is 24.3 Å². The van der Waals surface area contributed by atoms with E-state index in [9.17, 15) is 4.79 Å².